The Kier molecular flexibility index (Phi) is 6.28. The van der Waals surface area contributed by atoms with Crippen LogP contribution in [0.15, 0.2) is 24.4 Å². The first-order valence-electron chi connectivity index (χ1n) is 9.69. The lowest BCUT2D eigenvalue weighted by Gasteiger charge is -2.12. The van der Waals surface area contributed by atoms with Crippen LogP contribution in [-0.2, 0) is 4.79 Å². The van der Waals surface area contributed by atoms with Crippen molar-refractivity contribution in [2.45, 2.75) is 39.7 Å². The summed E-state index contributed by atoms with van der Waals surface area (Å²) in [4.78, 5) is 29.5. The number of carbonyl (C=O) groups is 2. The summed E-state index contributed by atoms with van der Waals surface area (Å²) in [5.74, 6) is -5.87. The molecule has 7 nitrogen and oxygen atoms in total. The number of amides is 2. The van der Waals surface area contributed by atoms with Gasteiger partial charge in [0.05, 0.1) is 29.4 Å². The predicted octanol–water partition coefficient (Wildman–Crippen LogP) is 3.92. The van der Waals surface area contributed by atoms with Crippen LogP contribution in [-0.4, -0.2) is 33.1 Å². The Morgan fingerprint density at radius 3 is 2.45 bits per heavy atom. The molecule has 0 fully saturated rings. The van der Waals surface area contributed by atoms with Crippen molar-refractivity contribution in [1.82, 2.24) is 20.1 Å². The van der Waals surface area contributed by atoms with E-state index in [2.05, 4.69) is 20.7 Å². The van der Waals surface area contributed by atoms with Gasteiger partial charge >= 0.3 is 0 Å². The zero-order valence-electron chi connectivity index (χ0n) is 17.5. The summed E-state index contributed by atoms with van der Waals surface area (Å²) >= 11 is 0. The molecular weight excluding hydrogens is 411 g/mol. The van der Waals surface area contributed by atoms with Crippen molar-refractivity contribution in [1.29, 1.82) is 0 Å². The second kappa shape index (κ2) is 8.75. The fourth-order valence-electron chi connectivity index (χ4n) is 2.97. The Morgan fingerprint density at radius 1 is 1.10 bits per heavy atom. The monoisotopic (exact) mass is 433 g/mol. The minimum absolute atomic E-state index is 0.0279. The average molecular weight is 433 g/mol. The van der Waals surface area contributed by atoms with Crippen LogP contribution in [0.2, 0.25) is 0 Å². The lowest BCUT2D eigenvalue weighted by atomic mass is 10.0. The van der Waals surface area contributed by atoms with Gasteiger partial charge in [-0.25, -0.2) is 22.8 Å². The van der Waals surface area contributed by atoms with Crippen molar-refractivity contribution in [2.24, 2.45) is 0 Å². The number of halogens is 3. The molecule has 0 radical (unpaired) electrons. The van der Waals surface area contributed by atoms with E-state index in [1.54, 1.807) is 10.7 Å². The lowest BCUT2D eigenvalue weighted by Crippen LogP contribution is -2.33. The summed E-state index contributed by atoms with van der Waals surface area (Å²) in [5, 5.41) is 9.39. The fourth-order valence-corrected chi connectivity index (χ4v) is 2.97. The van der Waals surface area contributed by atoms with E-state index in [9.17, 15) is 22.8 Å². The highest BCUT2D eigenvalue weighted by molar-refractivity contribution is 6.07. The fraction of sp³-hybridized carbons (Fsp3) is 0.333. The Bertz CT molecular complexity index is 1160. The summed E-state index contributed by atoms with van der Waals surface area (Å²) in [6.07, 6.45) is 1.54. The molecule has 0 saturated carbocycles. The van der Waals surface area contributed by atoms with Crippen LogP contribution < -0.4 is 10.6 Å². The van der Waals surface area contributed by atoms with Gasteiger partial charge in [0.15, 0.2) is 23.1 Å². The molecule has 31 heavy (non-hydrogen) atoms. The SMILES string of the molecule is CC(C)c1cc(C(=O)NCC(=O)Nc2ccc(F)c(F)c2F)c2cnn(C(C)C)c2n1. The van der Waals surface area contributed by atoms with Gasteiger partial charge in [0.25, 0.3) is 5.91 Å². The van der Waals surface area contributed by atoms with E-state index in [1.807, 2.05) is 27.7 Å². The second-order valence-electron chi connectivity index (χ2n) is 7.62. The molecule has 10 heteroatoms. The van der Waals surface area contributed by atoms with Crippen molar-refractivity contribution in [3.05, 3.63) is 53.1 Å². The molecule has 2 amide bonds. The Labute approximate surface area is 176 Å². The van der Waals surface area contributed by atoms with Crippen LogP contribution in [0, 0.1) is 17.5 Å². The highest BCUT2D eigenvalue weighted by atomic mass is 19.2. The summed E-state index contributed by atoms with van der Waals surface area (Å²) < 4.78 is 41.7. The van der Waals surface area contributed by atoms with Crippen LogP contribution in [0.5, 0.6) is 0 Å². The third-order valence-electron chi connectivity index (χ3n) is 4.63. The minimum Gasteiger partial charge on any atom is -0.343 e. The molecule has 3 rings (SSSR count). The van der Waals surface area contributed by atoms with Gasteiger partial charge in [-0.15, -0.1) is 0 Å². The number of hydrogen-bond acceptors (Lipinski definition) is 4. The average Bonchev–Trinajstić information content (AvgIpc) is 3.16. The van der Waals surface area contributed by atoms with Crippen LogP contribution in [0.1, 0.15) is 55.7 Å². The zero-order chi connectivity index (χ0) is 22.9. The maximum atomic E-state index is 13.7. The van der Waals surface area contributed by atoms with Gasteiger partial charge in [0.2, 0.25) is 5.91 Å². The van der Waals surface area contributed by atoms with Gasteiger partial charge in [-0.2, -0.15) is 5.10 Å². The van der Waals surface area contributed by atoms with Crippen LogP contribution in [0.4, 0.5) is 18.9 Å². The molecule has 0 saturated heterocycles. The maximum absolute atomic E-state index is 13.7. The van der Waals surface area contributed by atoms with Gasteiger partial charge in [-0.1, -0.05) is 13.8 Å². The molecule has 1 aromatic carbocycles. The van der Waals surface area contributed by atoms with E-state index in [0.717, 1.165) is 6.07 Å². The largest absolute Gasteiger partial charge is 0.343 e. The highest BCUT2D eigenvalue weighted by Gasteiger charge is 2.20. The first kappa shape index (κ1) is 22.3. The molecule has 3 aromatic rings. The molecule has 2 aromatic heterocycles. The van der Waals surface area contributed by atoms with Gasteiger partial charge in [-0.05, 0) is 38.0 Å². The van der Waals surface area contributed by atoms with E-state index < -0.39 is 41.5 Å². The molecule has 0 unspecified atom stereocenters. The Balaban J connectivity index is 1.80. The van der Waals surface area contributed by atoms with E-state index >= 15 is 0 Å². The maximum Gasteiger partial charge on any atom is 0.252 e. The van der Waals surface area contributed by atoms with Crippen molar-refractivity contribution in [3.63, 3.8) is 0 Å². The topological polar surface area (TPSA) is 88.9 Å². The minimum atomic E-state index is -1.69. The molecular formula is C21H22F3N5O2. The number of pyridine rings is 1. The summed E-state index contributed by atoms with van der Waals surface area (Å²) in [7, 11) is 0. The molecule has 2 heterocycles. The summed E-state index contributed by atoms with van der Waals surface area (Å²) in [6.45, 7) is 7.26. The molecule has 0 aliphatic carbocycles. The number of nitrogens with zero attached hydrogens (tertiary/aromatic N) is 3. The lowest BCUT2D eigenvalue weighted by molar-refractivity contribution is -0.115. The summed E-state index contributed by atoms with van der Waals surface area (Å²) in [6, 6.07) is 3.26. The van der Waals surface area contributed by atoms with Gasteiger partial charge in [-0.3, -0.25) is 9.59 Å². The van der Waals surface area contributed by atoms with Gasteiger partial charge < -0.3 is 10.6 Å². The van der Waals surface area contributed by atoms with Crippen molar-refractivity contribution >= 4 is 28.5 Å². The van der Waals surface area contributed by atoms with E-state index in [-0.39, 0.29) is 12.0 Å². The molecule has 0 bridgehead atoms. The van der Waals surface area contributed by atoms with Gasteiger partial charge in [0.1, 0.15) is 0 Å². The predicted molar refractivity (Wildman–Crippen MR) is 109 cm³/mol. The number of fused-ring (bicyclic) bond motifs is 1. The van der Waals surface area contributed by atoms with E-state index in [0.29, 0.717) is 28.4 Å². The van der Waals surface area contributed by atoms with Crippen LogP contribution >= 0.6 is 0 Å². The molecule has 0 aliphatic heterocycles. The van der Waals surface area contributed by atoms with Gasteiger partial charge in [0, 0.05) is 11.7 Å². The third-order valence-corrected chi connectivity index (χ3v) is 4.63. The number of carbonyl (C=O) groups excluding carboxylic acids is 2. The molecule has 2 N–H and O–H groups in total. The number of aromatic nitrogens is 3. The molecule has 0 spiro atoms. The van der Waals surface area contributed by atoms with Crippen LogP contribution in [0.3, 0.4) is 0 Å². The number of hydrogen-bond donors (Lipinski definition) is 2. The van der Waals surface area contributed by atoms with Crippen molar-refractivity contribution in [2.75, 3.05) is 11.9 Å². The number of benzene rings is 1. The molecule has 164 valence electrons. The normalized spacial score (nSPS) is 11.4. The first-order chi connectivity index (χ1) is 14.6. The van der Waals surface area contributed by atoms with E-state index in [4.69, 9.17) is 0 Å². The Hall–Kier alpha value is -3.43. The summed E-state index contributed by atoms with van der Waals surface area (Å²) in [5.41, 5.74) is 1.02. The van der Waals surface area contributed by atoms with Crippen molar-refractivity contribution < 1.29 is 22.8 Å². The zero-order valence-corrected chi connectivity index (χ0v) is 17.5. The standard InChI is InChI=1S/C21H22F3N5O2/c1-10(2)16-7-12(13-8-26-29(11(3)4)20(13)28-16)21(31)25-9-17(30)27-15-6-5-14(22)18(23)19(15)24/h5-8,10-11H,9H2,1-4H3,(H,25,31)(H,27,30). The number of nitrogens with one attached hydrogen (secondary N) is 2. The van der Waals surface area contributed by atoms with Crippen LogP contribution in [0.25, 0.3) is 11.0 Å². The van der Waals surface area contributed by atoms with E-state index in [1.165, 1.54) is 6.20 Å². The second-order valence-corrected chi connectivity index (χ2v) is 7.62. The number of rotatable bonds is 6. The number of anilines is 1. The molecule has 0 atom stereocenters. The first-order valence-corrected chi connectivity index (χ1v) is 9.69. The molecule has 0 aliphatic rings. The smallest absolute Gasteiger partial charge is 0.252 e. The third kappa shape index (κ3) is 4.52. The van der Waals surface area contributed by atoms with Crippen molar-refractivity contribution in [3.8, 4) is 0 Å². The quantitative estimate of drug-likeness (QED) is 0.577. The Morgan fingerprint density at radius 2 is 1.81 bits per heavy atom. The highest BCUT2D eigenvalue weighted by Crippen LogP contribution is 2.24.